The van der Waals surface area contributed by atoms with Crippen LogP contribution in [0.3, 0.4) is 0 Å². The third-order valence-electron chi connectivity index (χ3n) is 4.30. The van der Waals surface area contributed by atoms with Crippen LogP contribution in [0.2, 0.25) is 0 Å². The molecule has 0 aromatic carbocycles. The van der Waals surface area contributed by atoms with Gasteiger partial charge in [-0.1, -0.05) is 33.6 Å². The first kappa shape index (κ1) is 15.0. The lowest BCUT2D eigenvalue weighted by molar-refractivity contribution is 0.256. The molecular weight excluding hydrogens is 208 g/mol. The van der Waals surface area contributed by atoms with Crippen LogP contribution in [0.5, 0.6) is 0 Å². The molecule has 17 heavy (non-hydrogen) atoms. The van der Waals surface area contributed by atoms with Crippen molar-refractivity contribution in [2.24, 2.45) is 5.92 Å². The lowest BCUT2D eigenvalue weighted by Crippen LogP contribution is -2.39. The molecule has 0 unspecified atom stereocenters. The summed E-state index contributed by atoms with van der Waals surface area (Å²) in [6.07, 6.45) is 8.54. The zero-order chi connectivity index (χ0) is 12.5. The second-order valence-corrected chi connectivity index (χ2v) is 5.49. The molecule has 0 aliphatic heterocycles. The summed E-state index contributed by atoms with van der Waals surface area (Å²) >= 11 is 0. The Bertz CT molecular complexity index is 170. The van der Waals surface area contributed by atoms with Crippen molar-refractivity contribution in [2.45, 2.75) is 65.3 Å². The van der Waals surface area contributed by atoms with Gasteiger partial charge in [0.15, 0.2) is 0 Å². The van der Waals surface area contributed by atoms with Crippen LogP contribution in [-0.2, 0) is 0 Å². The van der Waals surface area contributed by atoms with E-state index >= 15 is 0 Å². The van der Waals surface area contributed by atoms with Gasteiger partial charge in [-0.15, -0.1) is 0 Å². The van der Waals surface area contributed by atoms with Crippen molar-refractivity contribution in [2.75, 3.05) is 26.2 Å². The first-order chi connectivity index (χ1) is 8.30. The van der Waals surface area contributed by atoms with Crippen molar-refractivity contribution in [3.8, 4) is 0 Å². The smallest absolute Gasteiger partial charge is 0.0107 e. The first-order valence-electron chi connectivity index (χ1n) is 7.75. The summed E-state index contributed by atoms with van der Waals surface area (Å²) in [6, 6.07) is 0.804. The highest BCUT2D eigenvalue weighted by Gasteiger charge is 2.19. The van der Waals surface area contributed by atoms with Crippen molar-refractivity contribution in [1.29, 1.82) is 0 Å². The summed E-state index contributed by atoms with van der Waals surface area (Å²) in [7, 11) is 0. The van der Waals surface area contributed by atoms with Crippen LogP contribution in [0.4, 0.5) is 0 Å². The van der Waals surface area contributed by atoms with Crippen LogP contribution in [0.1, 0.15) is 59.3 Å². The van der Waals surface area contributed by atoms with E-state index < -0.39 is 0 Å². The zero-order valence-electron chi connectivity index (χ0n) is 12.2. The molecule has 0 spiro atoms. The molecule has 1 saturated carbocycles. The number of hydrogen-bond acceptors (Lipinski definition) is 2. The van der Waals surface area contributed by atoms with Crippen LogP contribution in [0, 0.1) is 5.92 Å². The van der Waals surface area contributed by atoms with Gasteiger partial charge in [-0.3, -0.25) is 0 Å². The largest absolute Gasteiger partial charge is 0.313 e. The summed E-state index contributed by atoms with van der Waals surface area (Å²) in [6.45, 7) is 11.6. The van der Waals surface area contributed by atoms with Crippen LogP contribution >= 0.6 is 0 Å². The lowest BCUT2D eigenvalue weighted by atomic mass is 9.83. The Morgan fingerprint density at radius 2 is 1.65 bits per heavy atom. The number of nitrogens with zero attached hydrogens (tertiary/aromatic N) is 1. The fourth-order valence-corrected chi connectivity index (χ4v) is 3.03. The van der Waals surface area contributed by atoms with Crippen molar-refractivity contribution in [3.63, 3.8) is 0 Å². The Kier molecular flexibility index (Phi) is 7.87. The van der Waals surface area contributed by atoms with Gasteiger partial charge in [0.25, 0.3) is 0 Å². The molecule has 2 nitrogen and oxygen atoms in total. The molecule has 2 heteroatoms. The van der Waals surface area contributed by atoms with Crippen molar-refractivity contribution in [3.05, 3.63) is 0 Å². The third-order valence-corrected chi connectivity index (χ3v) is 4.30. The molecule has 1 aliphatic carbocycles. The first-order valence-corrected chi connectivity index (χ1v) is 7.75. The van der Waals surface area contributed by atoms with Gasteiger partial charge >= 0.3 is 0 Å². The molecule has 1 N–H and O–H groups in total. The average Bonchev–Trinajstić information content (AvgIpc) is 2.37. The molecule has 0 amide bonds. The normalized spacial score (nSPS) is 25.4. The maximum atomic E-state index is 3.74. The van der Waals surface area contributed by atoms with E-state index in [9.17, 15) is 0 Å². The Morgan fingerprint density at radius 1 is 1.00 bits per heavy atom. The topological polar surface area (TPSA) is 15.3 Å². The standard InChI is InChI=1S/C15H32N2/c1-4-7-14-8-10-15(11-9-14)16-12-13-17(5-2)6-3/h14-16H,4-13H2,1-3H3. The SMILES string of the molecule is CCCC1CCC(NCCN(CC)CC)CC1. The zero-order valence-corrected chi connectivity index (χ0v) is 12.2. The minimum atomic E-state index is 0.804. The minimum Gasteiger partial charge on any atom is -0.313 e. The Morgan fingerprint density at radius 3 is 2.18 bits per heavy atom. The van der Waals surface area contributed by atoms with Gasteiger partial charge < -0.3 is 10.2 Å². The van der Waals surface area contributed by atoms with Gasteiger partial charge in [-0.05, 0) is 44.7 Å². The van der Waals surface area contributed by atoms with Gasteiger partial charge in [0.1, 0.15) is 0 Å². The van der Waals surface area contributed by atoms with E-state index in [2.05, 4.69) is 31.0 Å². The number of nitrogens with one attached hydrogen (secondary N) is 1. The van der Waals surface area contributed by atoms with Gasteiger partial charge in [0.05, 0.1) is 0 Å². The summed E-state index contributed by atoms with van der Waals surface area (Å²) < 4.78 is 0. The highest BCUT2D eigenvalue weighted by atomic mass is 15.1. The second-order valence-electron chi connectivity index (χ2n) is 5.49. The van der Waals surface area contributed by atoms with E-state index in [1.54, 1.807) is 0 Å². The summed E-state index contributed by atoms with van der Waals surface area (Å²) in [5, 5.41) is 3.74. The molecule has 0 aromatic heterocycles. The van der Waals surface area contributed by atoms with E-state index in [0.717, 1.165) is 12.0 Å². The maximum absolute atomic E-state index is 3.74. The lowest BCUT2D eigenvalue weighted by Gasteiger charge is -2.29. The number of hydrogen-bond donors (Lipinski definition) is 1. The van der Waals surface area contributed by atoms with E-state index in [4.69, 9.17) is 0 Å². The molecular formula is C15H32N2. The Balaban J connectivity index is 2.06. The number of rotatable bonds is 8. The predicted molar refractivity (Wildman–Crippen MR) is 76.4 cm³/mol. The summed E-state index contributed by atoms with van der Waals surface area (Å²) in [5.74, 6) is 1.03. The molecule has 0 saturated heterocycles. The fraction of sp³-hybridized carbons (Fsp3) is 1.00. The molecule has 1 rings (SSSR count). The third kappa shape index (κ3) is 5.87. The fourth-order valence-electron chi connectivity index (χ4n) is 3.03. The molecule has 1 fully saturated rings. The predicted octanol–water partition coefficient (Wildman–Crippen LogP) is 3.28. The molecule has 0 bridgehead atoms. The molecule has 0 heterocycles. The second kappa shape index (κ2) is 8.93. The monoisotopic (exact) mass is 240 g/mol. The molecule has 0 radical (unpaired) electrons. The Hall–Kier alpha value is -0.0800. The van der Waals surface area contributed by atoms with E-state index in [-0.39, 0.29) is 0 Å². The van der Waals surface area contributed by atoms with E-state index in [0.29, 0.717) is 0 Å². The van der Waals surface area contributed by atoms with Gasteiger partial charge in [0, 0.05) is 19.1 Å². The van der Waals surface area contributed by atoms with Gasteiger partial charge in [-0.25, -0.2) is 0 Å². The molecule has 1 aliphatic rings. The van der Waals surface area contributed by atoms with E-state index in [1.165, 1.54) is 64.7 Å². The minimum absolute atomic E-state index is 0.804. The van der Waals surface area contributed by atoms with E-state index in [1.807, 2.05) is 0 Å². The number of likely N-dealkylation sites (N-methyl/N-ethyl adjacent to an activating group) is 1. The maximum Gasteiger partial charge on any atom is 0.0107 e. The average molecular weight is 240 g/mol. The van der Waals surface area contributed by atoms with Crippen molar-refractivity contribution in [1.82, 2.24) is 10.2 Å². The van der Waals surface area contributed by atoms with Gasteiger partial charge in [0.2, 0.25) is 0 Å². The summed E-state index contributed by atoms with van der Waals surface area (Å²) in [5.41, 5.74) is 0. The molecule has 102 valence electrons. The van der Waals surface area contributed by atoms with Crippen LogP contribution in [-0.4, -0.2) is 37.1 Å². The molecule has 0 atom stereocenters. The van der Waals surface area contributed by atoms with Crippen LogP contribution in [0.25, 0.3) is 0 Å². The summed E-state index contributed by atoms with van der Waals surface area (Å²) in [4.78, 5) is 2.50. The highest BCUT2D eigenvalue weighted by Crippen LogP contribution is 2.27. The van der Waals surface area contributed by atoms with Crippen molar-refractivity contribution < 1.29 is 0 Å². The van der Waals surface area contributed by atoms with Crippen molar-refractivity contribution >= 4 is 0 Å². The quantitative estimate of drug-likeness (QED) is 0.700. The molecule has 0 aromatic rings. The highest BCUT2D eigenvalue weighted by molar-refractivity contribution is 4.77. The van der Waals surface area contributed by atoms with Crippen LogP contribution < -0.4 is 5.32 Å². The van der Waals surface area contributed by atoms with Crippen LogP contribution in [0.15, 0.2) is 0 Å². The van der Waals surface area contributed by atoms with Gasteiger partial charge in [-0.2, -0.15) is 0 Å². The Labute approximate surface area is 108 Å².